The molecule has 0 aromatic heterocycles. The third kappa shape index (κ3) is 6.31. The summed E-state index contributed by atoms with van der Waals surface area (Å²) in [5.74, 6) is -1.65. The molecule has 0 saturated carbocycles. The quantitative estimate of drug-likeness (QED) is 0.385. The largest absolute Gasteiger partial charge is 0.494 e. The molecule has 0 radical (unpaired) electrons. The van der Waals surface area contributed by atoms with Crippen molar-refractivity contribution in [2.24, 2.45) is 5.92 Å². The van der Waals surface area contributed by atoms with E-state index in [-0.39, 0.29) is 24.8 Å². The SMILES string of the molecule is CCCCS(=O)(=O)N(CCC)CCN1C[C@@H](c2ccc3c(c2)OCO3)[C@H](C(=O)O)[C@H]1c1ccc(OC)c(F)c1. The number of methoxy groups -OCH3 is 1. The smallest absolute Gasteiger partial charge is 0.309 e. The lowest BCUT2D eigenvalue weighted by atomic mass is 9.82. The highest BCUT2D eigenvalue weighted by Crippen LogP contribution is 2.48. The first kappa shape index (κ1) is 29.1. The average molecular weight is 565 g/mol. The topological polar surface area (TPSA) is 106 Å². The molecule has 2 aliphatic rings. The first-order valence-corrected chi connectivity index (χ1v) is 15.0. The van der Waals surface area contributed by atoms with E-state index in [1.165, 1.54) is 23.5 Å². The van der Waals surface area contributed by atoms with Crippen molar-refractivity contribution >= 4 is 16.0 Å². The molecular formula is C28H37FN2O7S. The highest BCUT2D eigenvalue weighted by Gasteiger charge is 2.48. The number of halogens is 1. The van der Waals surface area contributed by atoms with Crippen LogP contribution in [-0.2, 0) is 14.8 Å². The number of benzene rings is 2. The maximum atomic E-state index is 14.8. The van der Waals surface area contributed by atoms with E-state index in [9.17, 15) is 22.7 Å². The summed E-state index contributed by atoms with van der Waals surface area (Å²) in [7, 11) is -2.08. The minimum absolute atomic E-state index is 0.0682. The van der Waals surface area contributed by atoms with Gasteiger partial charge in [-0.1, -0.05) is 32.4 Å². The number of aliphatic carboxylic acids is 1. The summed E-state index contributed by atoms with van der Waals surface area (Å²) in [4.78, 5) is 14.7. The molecule has 1 fully saturated rings. The number of likely N-dealkylation sites (tertiary alicyclic amines) is 1. The van der Waals surface area contributed by atoms with Crippen molar-refractivity contribution in [3.63, 3.8) is 0 Å². The molecular weight excluding hydrogens is 527 g/mol. The Labute approximate surface area is 229 Å². The molecule has 9 nitrogen and oxygen atoms in total. The zero-order valence-corrected chi connectivity index (χ0v) is 23.5. The van der Waals surface area contributed by atoms with Gasteiger partial charge < -0.3 is 19.3 Å². The standard InChI is InChI=1S/C28H37FN2O7S/c1-4-6-14-39(34,35)31(11-5-2)13-12-30-17-21(19-7-10-24-25(16-19)38-18-37-24)26(28(32)33)27(30)20-8-9-23(36-3)22(29)15-20/h7-10,15-16,21,26-27H,4-6,11-14,17-18H2,1-3H3,(H,32,33)/t21-,26-,27+/m0/s1. The average Bonchev–Trinajstić information content (AvgIpc) is 3.54. The fourth-order valence-corrected chi connectivity index (χ4v) is 7.27. The monoisotopic (exact) mass is 564 g/mol. The molecule has 0 spiro atoms. The van der Waals surface area contributed by atoms with Gasteiger partial charge in [0, 0.05) is 38.1 Å². The molecule has 0 unspecified atom stereocenters. The predicted octanol–water partition coefficient (Wildman–Crippen LogP) is 4.25. The zero-order valence-electron chi connectivity index (χ0n) is 22.6. The fraction of sp³-hybridized carbons (Fsp3) is 0.536. The highest BCUT2D eigenvalue weighted by molar-refractivity contribution is 7.89. The maximum Gasteiger partial charge on any atom is 0.309 e. The van der Waals surface area contributed by atoms with Crippen molar-refractivity contribution in [2.75, 3.05) is 45.8 Å². The van der Waals surface area contributed by atoms with Crippen molar-refractivity contribution in [3.8, 4) is 17.2 Å². The third-order valence-electron chi connectivity index (χ3n) is 7.48. The van der Waals surface area contributed by atoms with Crippen LogP contribution in [0.25, 0.3) is 0 Å². The number of hydrogen-bond acceptors (Lipinski definition) is 7. The van der Waals surface area contributed by atoms with Crippen LogP contribution in [0.1, 0.15) is 56.2 Å². The molecule has 4 rings (SSSR count). The van der Waals surface area contributed by atoms with Crippen LogP contribution < -0.4 is 14.2 Å². The van der Waals surface area contributed by atoms with Crippen molar-refractivity contribution in [3.05, 3.63) is 53.3 Å². The van der Waals surface area contributed by atoms with E-state index in [1.54, 1.807) is 18.2 Å². The lowest BCUT2D eigenvalue weighted by molar-refractivity contribution is -0.143. The summed E-state index contributed by atoms with van der Waals surface area (Å²) in [5, 5.41) is 10.4. The van der Waals surface area contributed by atoms with E-state index in [0.29, 0.717) is 49.5 Å². The molecule has 2 heterocycles. The van der Waals surface area contributed by atoms with Gasteiger partial charge in [-0.3, -0.25) is 9.69 Å². The van der Waals surface area contributed by atoms with E-state index >= 15 is 0 Å². The van der Waals surface area contributed by atoms with Gasteiger partial charge in [0.2, 0.25) is 16.8 Å². The van der Waals surface area contributed by atoms with Crippen molar-refractivity contribution < 1.29 is 36.9 Å². The Morgan fingerprint density at radius 2 is 1.85 bits per heavy atom. The minimum atomic E-state index is -3.46. The van der Waals surface area contributed by atoms with Gasteiger partial charge in [0.1, 0.15) is 0 Å². The Hall–Kier alpha value is -2.89. The first-order valence-electron chi connectivity index (χ1n) is 13.4. The van der Waals surface area contributed by atoms with Crippen molar-refractivity contribution in [1.29, 1.82) is 0 Å². The van der Waals surface area contributed by atoms with Gasteiger partial charge in [0.25, 0.3) is 0 Å². The van der Waals surface area contributed by atoms with Crippen LogP contribution in [0.15, 0.2) is 36.4 Å². The first-order chi connectivity index (χ1) is 18.7. The maximum absolute atomic E-state index is 14.8. The van der Waals surface area contributed by atoms with E-state index in [1.807, 2.05) is 24.8 Å². The molecule has 39 heavy (non-hydrogen) atoms. The molecule has 0 aliphatic carbocycles. The van der Waals surface area contributed by atoms with Crippen LogP contribution in [0.2, 0.25) is 0 Å². The summed E-state index contributed by atoms with van der Waals surface area (Å²) >= 11 is 0. The van der Waals surface area contributed by atoms with E-state index in [0.717, 1.165) is 12.0 Å². The van der Waals surface area contributed by atoms with E-state index in [2.05, 4.69) is 0 Å². The van der Waals surface area contributed by atoms with Crippen LogP contribution >= 0.6 is 0 Å². The Morgan fingerprint density at radius 1 is 1.10 bits per heavy atom. The third-order valence-corrected chi connectivity index (χ3v) is 9.44. The van der Waals surface area contributed by atoms with Crippen LogP contribution in [0, 0.1) is 11.7 Å². The fourth-order valence-electron chi connectivity index (χ4n) is 5.54. The van der Waals surface area contributed by atoms with Crippen LogP contribution in [-0.4, -0.2) is 74.5 Å². The normalized spacial score (nSPS) is 21.0. The molecule has 11 heteroatoms. The summed E-state index contributed by atoms with van der Waals surface area (Å²) in [5.41, 5.74) is 1.27. The van der Waals surface area contributed by atoms with Gasteiger partial charge >= 0.3 is 5.97 Å². The highest BCUT2D eigenvalue weighted by atomic mass is 32.2. The molecule has 3 atom stereocenters. The van der Waals surface area contributed by atoms with Crippen LogP contribution in [0.5, 0.6) is 17.2 Å². The van der Waals surface area contributed by atoms with Crippen molar-refractivity contribution in [2.45, 2.75) is 45.1 Å². The molecule has 2 aromatic rings. The molecule has 2 aromatic carbocycles. The Morgan fingerprint density at radius 3 is 2.51 bits per heavy atom. The summed E-state index contributed by atoms with van der Waals surface area (Å²) in [6, 6.07) is 9.22. The number of fused-ring (bicyclic) bond motifs is 1. The molecule has 1 saturated heterocycles. The van der Waals surface area contributed by atoms with Gasteiger partial charge in [-0.2, -0.15) is 0 Å². The number of nitrogens with zero attached hydrogens (tertiary/aromatic N) is 2. The molecule has 0 amide bonds. The van der Waals surface area contributed by atoms with Gasteiger partial charge in [0.15, 0.2) is 23.1 Å². The summed E-state index contributed by atoms with van der Waals surface area (Å²) in [6.07, 6.45) is 2.01. The number of rotatable bonds is 13. The minimum Gasteiger partial charge on any atom is -0.494 e. The van der Waals surface area contributed by atoms with Gasteiger partial charge in [-0.05, 0) is 48.2 Å². The second-order valence-electron chi connectivity index (χ2n) is 9.99. The number of carboxylic acids is 1. The number of hydrogen-bond donors (Lipinski definition) is 1. The predicted molar refractivity (Wildman–Crippen MR) is 144 cm³/mol. The van der Waals surface area contributed by atoms with Crippen LogP contribution in [0.4, 0.5) is 4.39 Å². The van der Waals surface area contributed by atoms with Gasteiger partial charge in [-0.25, -0.2) is 17.1 Å². The number of carboxylic acid groups (broad SMARTS) is 1. The second kappa shape index (κ2) is 12.5. The zero-order chi connectivity index (χ0) is 28.2. The number of sulfonamides is 1. The van der Waals surface area contributed by atoms with E-state index in [4.69, 9.17) is 14.2 Å². The summed E-state index contributed by atoms with van der Waals surface area (Å²) < 4.78 is 58.4. The molecule has 2 aliphatic heterocycles. The Balaban J connectivity index is 1.69. The number of carbonyl (C=O) groups is 1. The van der Waals surface area contributed by atoms with Gasteiger partial charge in [-0.15, -0.1) is 0 Å². The molecule has 0 bridgehead atoms. The molecule has 214 valence electrons. The number of ether oxygens (including phenoxy) is 3. The van der Waals surface area contributed by atoms with Crippen molar-refractivity contribution in [1.82, 2.24) is 9.21 Å². The lowest BCUT2D eigenvalue weighted by Crippen LogP contribution is -2.40. The van der Waals surface area contributed by atoms with Crippen LogP contribution in [0.3, 0.4) is 0 Å². The summed E-state index contributed by atoms with van der Waals surface area (Å²) in [6.45, 7) is 5.23. The Kier molecular flexibility index (Phi) is 9.35. The Bertz CT molecular complexity index is 1270. The number of unbranched alkanes of at least 4 members (excludes halogenated alkanes) is 1. The van der Waals surface area contributed by atoms with E-state index < -0.39 is 39.7 Å². The van der Waals surface area contributed by atoms with Gasteiger partial charge in [0.05, 0.1) is 18.8 Å². The lowest BCUT2D eigenvalue weighted by Gasteiger charge is -2.30. The molecule has 1 N–H and O–H groups in total. The second-order valence-corrected chi connectivity index (χ2v) is 12.1.